The lowest BCUT2D eigenvalue weighted by molar-refractivity contribution is 0.0738. The van der Waals surface area contributed by atoms with Crippen LogP contribution < -0.4 is 0 Å². The van der Waals surface area contributed by atoms with E-state index in [4.69, 9.17) is 27.9 Å². The Hall–Kier alpha value is -1.28. The predicted molar refractivity (Wildman–Crippen MR) is 72.3 cm³/mol. The number of fused-ring (bicyclic) bond motifs is 1. The minimum Gasteiger partial charge on any atom is -0.385 e. The van der Waals surface area contributed by atoms with Gasteiger partial charge in [0.1, 0.15) is 6.04 Å². The number of hydrogen-bond donors (Lipinski definition) is 0. The van der Waals surface area contributed by atoms with Crippen LogP contribution in [0.15, 0.2) is 12.1 Å². The summed E-state index contributed by atoms with van der Waals surface area (Å²) in [6.07, 6.45) is 0.666. The van der Waals surface area contributed by atoms with Gasteiger partial charge in [0.05, 0.1) is 21.7 Å². The van der Waals surface area contributed by atoms with Crippen molar-refractivity contribution in [2.45, 2.75) is 12.5 Å². The van der Waals surface area contributed by atoms with Gasteiger partial charge in [-0.2, -0.15) is 5.26 Å². The Morgan fingerprint density at radius 3 is 2.84 bits per heavy atom. The molecule has 19 heavy (non-hydrogen) atoms. The van der Waals surface area contributed by atoms with E-state index < -0.39 is 6.04 Å². The van der Waals surface area contributed by atoms with Crippen LogP contribution in [0.25, 0.3) is 0 Å². The van der Waals surface area contributed by atoms with E-state index >= 15 is 0 Å². The second-order valence-corrected chi connectivity index (χ2v) is 4.99. The first-order valence-corrected chi connectivity index (χ1v) is 6.54. The van der Waals surface area contributed by atoms with Crippen molar-refractivity contribution in [1.29, 1.82) is 5.26 Å². The van der Waals surface area contributed by atoms with Crippen molar-refractivity contribution < 1.29 is 9.53 Å². The number of amides is 1. The molecule has 0 aromatic heterocycles. The fraction of sp³-hybridized carbons (Fsp3) is 0.385. The summed E-state index contributed by atoms with van der Waals surface area (Å²) in [7, 11) is 1.60. The molecule has 1 aromatic rings. The number of nitriles is 1. The van der Waals surface area contributed by atoms with E-state index in [0.29, 0.717) is 35.7 Å². The Morgan fingerprint density at radius 1 is 1.47 bits per heavy atom. The Kier molecular flexibility index (Phi) is 4.31. The molecular weight excluding hydrogens is 287 g/mol. The fourth-order valence-electron chi connectivity index (χ4n) is 2.19. The van der Waals surface area contributed by atoms with E-state index in [2.05, 4.69) is 6.07 Å². The van der Waals surface area contributed by atoms with Crippen LogP contribution in [0.4, 0.5) is 0 Å². The van der Waals surface area contributed by atoms with Gasteiger partial charge in [-0.15, -0.1) is 0 Å². The molecule has 1 atom stereocenters. The topological polar surface area (TPSA) is 53.3 Å². The second-order valence-electron chi connectivity index (χ2n) is 4.20. The molecule has 0 fully saturated rings. The van der Waals surface area contributed by atoms with Gasteiger partial charge in [0.15, 0.2) is 0 Å². The van der Waals surface area contributed by atoms with Gasteiger partial charge in [-0.3, -0.25) is 4.79 Å². The minimum absolute atomic E-state index is 0.221. The van der Waals surface area contributed by atoms with Gasteiger partial charge in [0.25, 0.3) is 5.91 Å². The number of benzene rings is 1. The van der Waals surface area contributed by atoms with E-state index in [-0.39, 0.29) is 10.9 Å². The summed E-state index contributed by atoms with van der Waals surface area (Å²) in [5.41, 5.74) is 0.970. The molecule has 0 saturated carbocycles. The van der Waals surface area contributed by atoms with Crippen LogP contribution in [0, 0.1) is 11.3 Å². The van der Waals surface area contributed by atoms with E-state index in [1.54, 1.807) is 19.2 Å². The Morgan fingerprint density at radius 2 is 2.21 bits per heavy atom. The molecule has 0 spiro atoms. The van der Waals surface area contributed by atoms with Crippen LogP contribution in [0.2, 0.25) is 10.0 Å². The highest BCUT2D eigenvalue weighted by Crippen LogP contribution is 2.40. The maximum absolute atomic E-state index is 12.3. The zero-order valence-corrected chi connectivity index (χ0v) is 11.8. The molecular formula is C13H12Cl2N2O2. The van der Waals surface area contributed by atoms with Crippen LogP contribution in [-0.4, -0.2) is 31.1 Å². The summed E-state index contributed by atoms with van der Waals surface area (Å²) in [6, 6.07) is 4.83. The molecule has 0 aliphatic carbocycles. The zero-order valence-electron chi connectivity index (χ0n) is 10.3. The minimum atomic E-state index is -0.603. The molecule has 1 unspecified atom stereocenters. The molecule has 1 amide bonds. The van der Waals surface area contributed by atoms with Gasteiger partial charge in [-0.25, -0.2) is 0 Å². The lowest BCUT2D eigenvalue weighted by Gasteiger charge is -2.19. The second kappa shape index (κ2) is 5.79. The van der Waals surface area contributed by atoms with E-state index in [9.17, 15) is 10.1 Å². The average molecular weight is 299 g/mol. The molecule has 1 heterocycles. The van der Waals surface area contributed by atoms with Crippen molar-refractivity contribution in [2.75, 3.05) is 20.3 Å². The van der Waals surface area contributed by atoms with Crippen molar-refractivity contribution in [2.24, 2.45) is 0 Å². The highest BCUT2D eigenvalue weighted by atomic mass is 35.5. The number of nitrogens with zero attached hydrogens (tertiary/aromatic N) is 2. The van der Waals surface area contributed by atoms with Crippen LogP contribution in [0.3, 0.4) is 0 Å². The number of halogens is 2. The first kappa shape index (κ1) is 14.1. The molecule has 0 bridgehead atoms. The SMILES string of the molecule is COCCCN1C(=O)c2c(ccc(Cl)c2Cl)C1C#N. The number of methoxy groups -OCH3 is 1. The molecule has 0 radical (unpaired) electrons. The van der Waals surface area contributed by atoms with Gasteiger partial charge < -0.3 is 9.64 Å². The molecule has 1 aromatic carbocycles. The van der Waals surface area contributed by atoms with Crippen molar-refractivity contribution >= 4 is 29.1 Å². The summed E-state index contributed by atoms with van der Waals surface area (Å²) in [5.74, 6) is -0.245. The van der Waals surface area contributed by atoms with Gasteiger partial charge >= 0.3 is 0 Å². The lowest BCUT2D eigenvalue weighted by Crippen LogP contribution is -2.29. The van der Waals surface area contributed by atoms with E-state index in [1.165, 1.54) is 4.90 Å². The van der Waals surface area contributed by atoms with Crippen molar-refractivity contribution in [3.63, 3.8) is 0 Å². The number of carbonyl (C=O) groups excluding carboxylic acids is 1. The summed E-state index contributed by atoms with van der Waals surface area (Å²) in [4.78, 5) is 13.8. The third-order valence-corrected chi connectivity index (χ3v) is 3.88. The van der Waals surface area contributed by atoms with Gasteiger partial charge in [-0.1, -0.05) is 29.3 Å². The standard InChI is InChI=1S/C13H12Cl2N2O2/c1-19-6-2-5-17-10(7-16)8-3-4-9(14)12(15)11(8)13(17)18/h3-4,10H,2,5-6H2,1H3. The molecule has 2 rings (SSSR count). The molecule has 0 N–H and O–H groups in total. The van der Waals surface area contributed by atoms with Crippen LogP contribution in [0.1, 0.15) is 28.4 Å². The predicted octanol–water partition coefficient (Wildman–Crippen LogP) is 3.05. The van der Waals surface area contributed by atoms with Gasteiger partial charge in [0.2, 0.25) is 0 Å². The maximum atomic E-state index is 12.3. The summed E-state index contributed by atoms with van der Waals surface area (Å²) >= 11 is 12.0. The zero-order chi connectivity index (χ0) is 14.0. The van der Waals surface area contributed by atoms with Gasteiger partial charge in [-0.05, 0) is 12.5 Å². The molecule has 1 aliphatic rings. The first-order chi connectivity index (χ1) is 9.11. The smallest absolute Gasteiger partial charge is 0.257 e. The maximum Gasteiger partial charge on any atom is 0.257 e. The van der Waals surface area contributed by atoms with E-state index in [0.717, 1.165) is 0 Å². The summed E-state index contributed by atoms with van der Waals surface area (Å²) in [6.45, 7) is 0.986. The van der Waals surface area contributed by atoms with Crippen LogP contribution >= 0.6 is 23.2 Å². The number of carbonyl (C=O) groups is 1. The number of hydrogen-bond acceptors (Lipinski definition) is 3. The van der Waals surface area contributed by atoms with Crippen molar-refractivity contribution in [3.05, 3.63) is 33.3 Å². The monoisotopic (exact) mass is 298 g/mol. The first-order valence-electron chi connectivity index (χ1n) is 5.79. The highest BCUT2D eigenvalue weighted by molar-refractivity contribution is 6.44. The van der Waals surface area contributed by atoms with Crippen molar-refractivity contribution in [3.8, 4) is 6.07 Å². The normalized spacial score (nSPS) is 17.5. The Bertz CT molecular complexity index is 554. The number of ether oxygens (including phenoxy) is 1. The molecule has 4 nitrogen and oxygen atoms in total. The third kappa shape index (κ3) is 2.42. The quantitative estimate of drug-likeness (QED) is 0.803. The molecule has 0 saturated heterocycles. The number of rotatable bonds is 4. The highest BCUT2D eigenvalue weighted by Gasteiger charge is 2.38. The molecule has 1 aliphatic heterocycles. The van der Waals surface area contributed by atoms with Crippen LogP contribution in [-0.2, 0) is 4.74 Å². The van der Waals surface area contributed by atoms with Crippen LogP contribution in [0.5, 0.6) is 0 Å². The Labute approximate surface area is 121 Å². The Balaban J connectivity index is 2.35. The van der Waals surface area contributed by atoms with Crippen molar-refractivity contribution in [1.82, 2.24) is 4.90 Å². The van der Waals surface area contributed by atoms with Gasteiger partial charge in [0, 0.05) is 25.8 Å². The molecule has 100 valence electrons. The molecule has 6 heteroatoms. The third-order valence-electron chi connectivity index (χ3n) is 3.08. The fourth-order valence-corrected chi connectivity index (χ4v) is 2.60. The lowest BCUT2D eigenvalue weighted by atomic mass is 10.1. The largest absolute Gasteiger partial charge is 0.385 e. The van der Waals surface area contributed by atoms with E-state index in [1.807, 2.05) is 0 Å². The average Bonchev–Trinajstić information content (AvgIpc) is 2.67. The summed E-state index contributed by atoms with van der Waals surface area (Å²) < 4.78 is 4.96. The summed E-state index contributed by atoms with van der Waals surface area (Å²) in [5, 5.41) is 9.81.